The van der Waals surface area contributed by atoms with Crippen LogP contribution in [0.3, 0.4) is 0 Å². The van der Waals surface area contributed by atoms with Crippen LogP contribution in [0.5, 0.6) is 11.5 Å². The second-order valence-corrected chi connectivity index (χ2v) is 12.1. The second-order valence-electron chi connectivity index (χ2n) is 10.4. The number of carbonyl (C=O) groups excluding carboxylic acids is 2. The van der Waals surface area contributed by atoms with Gasteiger partial charge in [0.25, 0.3) is 15.9 Å². The molecule has 4 rings (SSSR count). The number of benzene rings is 3. The highest BCUT2D eigenvalue weighted by Crippen LogP contribution is 2.36. The minimum Gasteiger partial charge on any atom is -0.497 e. The Bertz CT molecular complexity index is 1550. The van der Waals surface area contributed by atoms with Gasteiger partial charge >= 0.3 is 6.03 Å². The second kappa shape index (κ2) is 13.3. The van der Waals surface area contributed by atoms with Gasteiger partial charge in [-0.15, -0.1) is 0 Å². The van der Waals surface area contributed by atoms with Gasteiger partial charge in [-0.05, 0) is 67.6 Å². The monoisotopic (exact) mass is 614 g/mol. The molecule has 0 bridgehead atoms. The summed E-state index contributed by atoms with van der Waals surface area (Å²) in [5, 5.41) is 12.6. The van der Waals surface area contributed by atoms with Gasteiger partial charge in [-0.25, -0.2) is 17.6 Å². The van der Waals surface area contributed by atoms with Crippen molar-refractivity contribution in [2.24, 2.45) is 5.92 Å². The molecule has 3 aromatic carbocycles. The highest BCUT2D eigenvalue weighted by atomic mass is 32.2. The van der Waals surface area contributed by atoms with Crippen LogP contribution in [0.25, 0.3) is 0 Å². The normalized spacial score (nSPS) is 17.5. The molecule has 11 nitrogen and oxygen atoms in total. The van der Waals surface area contributed by atoms with Crippen LogP contribution in [-0.2, 0) is 10.0 Å². The largest absolute Gasteiger partial charge is 0.497 e. The first-order valence-corrected chi connectivity index (χ1v) is 15.1. The van der Waals surface area contributed by atoms with E-state index in [4.69, 9.17) is 9.47 Å². The number of carbonyl (C=O) groups is 2. The maximum atomic E-state index is 13.7. The Hall–Kier alpha value is -4.36. The molecule has 0 saturated heterocycles. The Labute approximate surface area is 250 Å². The van der Waals surface area contributed by atoms with Crippen LogP contribution in [0.15, 0.2) is 71.6 Å². The van der Waals surface area contributed by atoms with E-state index in [1.54, 1.807) is 14.0 Å². The molecule has 43 heavy (non-hydrogen) atoms. The molecule has 3 amide bonds. The van der Waals surface area contributed by atoms with Gasteiger partial charge in [-0.1, -0.05) is 13.0 Å². The Morgan fingerprint density at radius 2 is 1.84 bits per heavy atom. The van der Waals surface area contributed by atoms with E-state index in [9.17, 15) is 27.5 Å². The van der Waals surface area contributed by atoms with Crippen LogP contribution in [0.2, 0.25) is 0 Å². The summed E-state index contributed by atoms with van der Waals surface area (Å²) in [4.78, 5) is 29.5. The van der Waals surface area contributed by atoms with Crippen LogP contribution >= 0.6 is 0 Å². The van der Waals surface area contributed by atoms with Gasteiger partial charge in [-0.3, -0.25) is 9.52 Å². The first-order valence-electron chi connectivity index (χ1n) is 13.6. The molecule has 0 aromatic heterocycles. The molecular weight excluding hydrogens is 579 g/mol. The van der Waals surface area contributed by atoms with E-state index in [1.165, 1.54) is 83.6 Å². The van der Waals surface area contributed by atoms with Crippen molar-refractivity contribution < 1.29 is 37.0 Å². The van der Waals surface area contributed by atoms with E-state index in [0.717, 1.165) is 0 Å². The maximum Gasteiger partial charge on any atom is 0.321 e. The summed E-state index contributed by atoms with van der Waals surface area (Å²) in [7, 11) is -1.07. The number of methoxy groups -OCH3 is 1. The van der Waals surface area contributed by atoms with E-state index in [2.05, 4.69) is 10.0 Å². The number of hydrogen-bond donors (Lipinski definition) is 3. The Morgan fingerprint density at radius 3 is 2.47 bits per heavy atom. The number of likely N-dealkylation sites (N-methyl/N-ethyl adjacent to an activating group) is 1. The Balaban J connectivity index is 1.68. The van der Waals surface area contributed by atoms with Gasteiger partial charge in [0.1, 0.15) is 17.7 Å². The standard InChI is InChI=1S/C30H35FN4O7S/c1-19-16-35(20(2)18-36)29(37)25-6-5-7-26(33-43(39,40)24-14-12-23(41-4)13-15-24)28(25)42-27(19)17-34(3)30(38)32-22-10-8-21(31)9-11-22/h5-15,19-20,27,33,36H,16-18H2,1-4H3,(H,32,38)/t19-,20-,27+/m1/s1. The number of rotatable bonds is 9. The number of aliphatic hydroxyl groups is 1. The Morgan fingerprint density at radius 1 is 1.16 bits per heavy atom. The van der Waals surface area contributed by atoms with Gasteiger partial charge in [0.2, 0.25) is 0 Å². The molecule has 3 aromatic rings. The lowest BCUT2D eigenvalue weighted by atomic mass is 9.99. The average molecular weight is 615 g/mol. The summed E-state index contributed by atoms with van der Waals surface area (Å²) in [6.45, 7) is 3.53. The highest BCUT2D eigenvalue weighted by Gasteiger charge is 2.35. The van der Waals surface area contributed by atoms with Crippen molar-refractivity contribution in [2.45, 2.75) is 30.9 Å². The lowest BCUT2D eigenvalue weighted by Gasteiger charge is -2.38. The number of nitrogens with one attached hydrogen (secondary N) is 2. The summed E-state index contributed by atoms with van der Waals surface area (Å²) in [5.41, 5.74) is 0.542. The van der Waals surface area contributed by atoms with Gasteiger partial charge in [-0.2, -0.15) is 0 Å². The number of ether oxygens (including phenoxy) is 2. The number of aliphatic hydroxyl groups excluding tert-OH is 1. The first kappa shape index (κ1) is 31.6. The van der Waals surface area contributed by atoms with E-state index < -0.39 is 39.9 Å². The lowest BCUT2D eigenvalue weighted by Crippen LogP contribution is -2.50. The zero-order valence-corrected chi connectivity index (χ0v) is 25.1. The molecule has 0 radical (unpaired) electrons. The van der Waals surface area contributed by atoms with Gasteiger partial charge in [0.15, 0.2) is 5.75 Å². The van der Waals surface area contributed by atoms with Crippen LogP contribution in [0, 0.1) is 11.7 Å². The SMILES string of the molecule is COc1ccc(S(=O)(=O)Nc2cccc3c2O[C@@H](CN(C)C(=O)Nc2ccc(F)cc2)[C@H](C)CN([C@H](C)CO)C3=O)cc1. The molecule has 13 heteroatoms. The van der Waals surface area contributed by atoms with Crippen molar-refractivity contribution in [1.29, 1.82) is 0 Å². The predicted molar refractivity (Wildman–Crippen MR) is 159 cm³/mol. The van der Waals surface area contributed by atoms with Crippen molar-refractivity contribution in [3.63, 3.8) is 0 Å². The minimum absolute atomic E-state index is 0.00335. The number of urea groups is 1. The van der Waals surface area contributed by atoms with Crippen LogP contribution < -0.4 is 19.5 Å². The number of sulfonamides is 1. The number of halogens is 1. The molecule has 0 fully saturated rings. The van der Waals surface area contributed by atoms with Crippen LogP contribution in [-0.4, -0.2) is 81.3 Å². The molecule has 3 atom stereocenters. The Kier molecular flexibility index (Phi) is 9.77. The molecular formula is C30H35FN4O7S. The fraction of sp³-hybridized carbons (Fsp3) is 0.333. The minimum atomic E-state index is -4.10. The third kappa shape index (κ3) is 7.35. The quantitative estimate of drug-likeness (QED) is 0.331. The van der Waals surface area contributed by atoms with E-state index >= 15 is 0 Å². The fourth-order valence-corrected chi connectivity index (χ4v) is 5.67. The van der Waals surface area contributed by atoms with Crippen molar-refractivity contribution >= 4 is 33.3 Å². The number of fused-ring (bicyclic) bond motifs is 1. The first-order chi connectivity index (χ1) is 20.4. The molecule has 0 aliphatic carbocycles. The maximum absolute atomic E-state index is 13.7. The van der Waals surface area contributed by atoms with Crippen molar-refractivity contribution in [3.8, 4) is 11.5 Å². The van der Waals surface area contributed by atoms with E-state index in [0.29, 0.717) is 11.4 Å². The highest BCUT2D eigenvalue weighted by molar-refractivity contribution is 7.92. The number of nitrogens with zero attached hydrogens (tertiary/aromatic N) is 2. The van der Waals surface area contributed by atoms with E-state index in [1.807, 2.05) is 6.92 Å². The third-order valence-electron chi connectivity index (χ3n) is 7.20. The molecule has 1 aliphatic rings. The number of amides is 3. The molecule has 0 unspecified atom stereocenters. The van der Waals surface area contributed by atoms with Crippen LogP contribution in [0.1, 0.15) is 24.2 Å². The topological polar surface area (TPSA) is 138 Å². The summed E-state index contributed by atoms with van der Waals surface area (Å²) < 4.78 is 54.0. The lowest BCUT2D eigenvalue weighted by molar-refractivity contribution is 0.0373. The summed E-state index contributed by atoms with van der Waals surface area (Å²) in [6, 6.07) is 14.7. The van der Waals surface area contributed by atoms with Crippen molar-refractivity contribution in [3.05, 3.63) is 78.1 Å². The molecule has 0 saturated carbocycles. The molecule has 0 spiro atoms. The summed E-state index contributed by atoms with van der Waals surface area (Å²) in [5.74, 6) is -0.728. The average Bonchev–Trinajstić information content (AvgIpc) is 2.99. The number of para-hydroxylation sites is 1. The number of hydrogen-bond acceptors (Lipinski definition) is 7. The summed E-state index contributed by atoms with van der Waals surface area (Å²) >= 11 is 0. The molecule has 1 heterocycles. The zero-order valence-electron chi connectivity index (χ0n) is 24.3. The van der Waals surface area contributed by atoms with Crippen LogP contribution in [0.4, 0.5) is 20.6 Å². The predicted octanol–water partition coefficient (Wildman–Crippen LogP) is 4.02. The molecule has 1 aliphatic heterocycles. The zero-order chi connectivity index (χ0) is 31.3. The molecule has 230 valence electrons. The molecule has 3 N–H and O–H groups in total. The van der Waals surface area contributed by atoms with Crippen molar-refractivity contribution in [2.75, 3.05) is 43.9 Å². The number of anilines is 2. The van der Waals surface area contributed by atoms with E-state index in [-0.39, 0.29) is 47.5 Å². The smallest absolute Gasteiger partial charge is 0.321 e. The summed E-state index contributed by atoms with van der Waals surface area (Å²) in [6.07, 6.45) is -0.698. The van der Waals surface area contributed by atoms with Crippen molar-refractivity contribution in [1.82, 2.24) is 9.80 Å². The van der Waals surface area contributed by atoms with Gasteiger partial charge in [0.05, 0.1) is 42.4 Å². The van der Waals surface area contributed by atoms with Gasteiger partial charge < -0.3 is 29.7 Å². The fourth-order valence-electron chi connectivity index (χ4n) is 4.61. The van der Waals surface area contributed by atoms with Gasteiger partial charge in [0, 0.05) is 25.2 Å². The third-order valence-corrected chi connectivity index (χ3v) is 8.58.